The first kappa shape index (κ1) is 12.3. The Morgan fingerprint density at radius 1 is 1.37 bits per heavy atom. The maximum Gasteiger partial charge on any atom is 0.0705 e. The summed E-state index contributed by atoms with van der Waals surface area (Å²) in [6.07, 6.45) is 3.72. The van der Waals surface area contributed by atoms with Crippen molar-refractivity contribution in [2.24, 2.45) is 0 Å². The number of halogens is 1. The van der Waals surface area contributed by atoms with E-state index < -0.39 is 0 Å². The lowest BCUT2D eigenvalue weighted by Gasteiger charge is -2.11. The molecule has 2 aromatic heterocycles. The molecule has 1 aromatic carbocycles. The van der Waals surface area contributed by atoms with Crippen LogP contribution in [0.3, 0.4) is 0 Å². The molecular formula is C14H15ClN4. The number of benzene rings is 1. The first-order valence-electron chi connectivity index (χ1n) is 6.23. The summed E-state index contributed by atoms with van der Waals surface area (Å²) in [6.45, 7) is 2.79. The van der Waals surface area contributed by atoms with Crippen LogP contribution in [-0.4, -0.2) is 15.2 Å². The minimum Gasteiger partial charge on any atom is -0.356 e. The molecule has 3 rings (SSSR count). The summed E-state index contributed by atoms with van der Waals surface area (Å²) in [5.41, 5.74) is 3.21. The molecule has 3 aromatic rings. The molecule has 0 radical (unpaired) electrons. The minimum atomic E-state index is 0.223. The van der Waals surface area contributed by atoms with Crippen LogP contribution in [0.1, 0.15) is 24.2 Å². The number of hydrogen-bond acceptors (Lipinski definition) is 2. The molecule has 2 heterocycles. The van der Waals surface area contributed by atoms with Crippen LogP contribution in [0.4, 0.5) is 0 Å². The van der Waals surface area contributed by atoms with Crippen molar-refractivity contribution in [3.05, 3.63) is 52.9 Å². The van der Waals surface area contributed by atoms with Crippen molar-refractivity contribution in [1.82, 2.24) is 20.5 Å². The SMILES string of the molecule is CC(NCc1[nH]c2ccccc2c1Cl)c1cn[nH]c1. The molecule has 0 amide bonds. The molecule has 0 saturated heterocycles. The highest BCUT2D eigenvalue weighted by Gasteiger charge is 2.11. The van der Waals surface area contributed by atoms with Crippen molar-refractivity contribution in [3.63, 3.8) is 0 Å². The van der Waals surface area contributed by atoms with Crippen LogP contribution >= 0.6 is 11.6 Å². The Kier molecular flexibility index (Phi) is 3.27. The van der Waals surface area contributed by atoms with Crippen LogP contribution in [0.5, 0.6) is 0 Å². The van der Waals surface area contributed by atoms with Gasteiger partial charge in [0.2, 0.25) is 0 Å². The zero-order chi connectivity index (χ0) is 13.2. The predicted molar refractivity (Wildman–Crippen MR) is 77.2 cm³/mol. The Bertz CT molecular complexity index is 672. The van der Waals surface area contributed by atoms with Gasteiger partial charge in [0, 0.05) is 40.9 Å². The topological polar surface area (TPSA) is 56.5 Å². The highest BCUT2D eigenvalue weighted by Crippen LogP contribution is 2.27. The van der Waals surface area contributed by atoms with E-state index in [0.29, 0.717) is 6.54 Å². The monoisotopic (exact) mass is 274 g/mol. The number of hydrogen-bond donors (Lipinski definition) is 3. The Labute approximate surface area is 116 Å². The number of para-hydroxylation sites is 1. The number of aromatic amines is 2. The van der Waals surface area contributed by atoms with Gasteiger partial charge in [0.1, 0.15) is 0 Å². The summed E-state index contributed by atoms with van der Waals surface area (Å²) in [6, 6.07) is 8.27. The van der Waals surface area contributed by atoms with Crippen molar-refractivity contribution >= 4 is 22.5 Å². The number of aromatic nitrogens is 3. The largest absolute Gasteiger partial charge is 0.356 e. The molecule has 0 aliphatic carbocycles. The molecule has 0 aliphatic rings. The van der Waals surface area contributed by atoms with Gasteiger partial charge in [-0.05, 0) is 13.0 Å². The van der Waals surface area contributed by atoms with Crippen LogP contribution in [0.2, 0.25) is 5.02 Å². The molecule has 0 bridgehead atoms. The summed E-state index contributed by atoms with van der Waals surface area (Å²) in [4.78, 5) is 3.35. The van der Waals surface area contributed by atoms with E-state index in [-0.39, 0.29) is 6.04 Å². The van der Waals surface area contributed by atoms with Crippen LogP contribution in [0, 0.1) is 0 Å². The molecule has 98 valence electrons. The molecule has 3 N–H and O–H groups in total. The fraction of sp³-hybridized carbons (Fsp3) is 0.214. The Morgan fingerprint density at radius 2 is 2.21 bits per heavy atom. The molecule has 0 aliphatic heterocycles. The van der Waals surface area contributed by atoms with Gasteiger partial charge in [-0.2, -0.15) is 5.10 Å². The third-order valence-corrected chi connectivity index (χ3v) is 3.75. The molecular weight excluding hydrogens is 260 g/mol. The smallest absolute Gasteiger partial charge is 0.0705 e. The summed E-state index contributed by atoms with van der Waals surface area (Å²) in [5, 5.41) is 12.1. The van der Waals surface area contributed by atoms with Gasteiger partial charge in [0.25, 0.3) is 0 Å². The van der Waals surface area contributed by atoms with Gasteiger partial charge in [0.05, 0.1) is 11.2 Å². The van der Waals surface area contributed by atoms with E-state index in [2.05, 4.69) is 27.4 Å². The quantitative estimate of drug-likeness (QED) is 0.683. The van der Waals surface area contributed by atoms with Crippen molar-refractivity contribution in [2.45, 2.75) is 19.5 Å². The van der Waals surface area contributed by atoms with Crippen LogP contribution in [0.25, 0.3) is 10.9 Å². The summed E-state index contributed by atoms with van der Waals surface area (Å²) in [7, 11) is 0. The number of H-pyrrole nitrogens is 2. The van der Waals surface area contributed by atoms with Crippen LogP contribution in [0.15, 0.2) is 36.7 Å². The third kappa shape index (κ3) is 2.37. The van der Waals surface area contributed by atoms with Crippen molar-refractivity contribution in [2.75, 3.05) is 0 Å². The highest BCUT2D eigenvalue weighted by atomic mass is 35.5. The molecule has 0 spiro atoms. The average molecular weight is 275 g/mol. The minimum absolute atomic E-state index is 0.223. The van der Waals surface area contributed by atoms with Gasteiger partial charge < -0.3 is 10.3 Å². The number of rotatable bonds is 4. The lowest BCUT2D eigenvalue weighted by atomic mass is 10.2. The number of nitrogens with one attached hydrogen (secondary N) is 3. The lowest BCUT2D eigenvalue weighted by molar-refractivity contribution is 0.570. The van der Waals surface area contributed by atoms with E-state index in [1.54, 1.807) is 0 Å². The van der Waals surface area contributed by atoms with Crippen molar-refractivity contribution in [3.8, 4) is 0 Å². The lowest BCUT2D eigenvalue weighted by Crippen LogP contribution is -2.18. The average Bonchev–Trinajstić information content (AvgIpc) is 3.05. The molecule has 19 heavy (non-hydrogen) atoms. The maximum absolute atomic E-state index is 6.38. The van der Waals surface area contributed by atoms with E-state index in [1.807, 2.05) is 36.7 Å². The fourth-order valence-corrected chi connectivity index (χ4v) is 2.43. The van der Waals surface area contributed by atoms with Gasteiger partial charge in [0.15, 0.2) is 0 Å². The van der Waals surface area contributed by atoms with Gasteiger partial charge in [-0.1, -0.05) is 29.8 Å². The Morgan fingerprint density at radius 3 is 2.95 bits per heavy atom. The fourth-order valence-electron chi connectivity index (χ4n) is 2.16. The van der Waals surface area contributed by atoms with E-state index in [4.69, 9.17) is 11.6 Å². The van der Waals surface area contributed by atoms with Gasteiger partial charge in [-0.15, -0.1) is 0 Å². The Hall–Kier alpha value is -1.78. The van der Waals surface area contributed by atoms with Crippen molar-refractivity contribution < 1.29 is 0 Å². The van der Waals surface area contributed by atoms with Gasteiger partial charge >= 0.3 is 0 Å². The second kappa shape index (κ2) is 5.07. The highest BCUT2D eigenvalue weighted by molar-refractivity contribution is 6.36. The predicted octanol–water partition coefficient (Wildman–Crippen LogP) is 3.40. The molecule has 0 saturated carbocycles. The van der Waals surface area contributed by atoms with Crippen LogP contribution < -0.4 is 5.32 Å². The van der Waals surface area contributed by atoms with Gasteiger partial charge in [-0.25, -0.2) is 0 Å². The van der Waals surface area contributed by atoms with E-state index in [1.165, 1.54) is 0 Å². The molecule has 1 unspecified atom stereocenters. The normalized spacial score (nSPS) is 12.9. The molecule has 1 atom stereocenters. The summed E-state index contributed by atoms with van der Waals surface area (Å²) >= 11 is 6.38. The zero-order valence-electron chi connectivity index (χ0n) is 10.6. The third-order valence-electron chi connectivity index (χ3n) is 3.32. The zero-order valence-corrected chi connectivity index (χ0v) is 11.3. The standard InChI is InChI=1S/C14H15ClN4/c1-9(10-6-17-18-7-10)16-8-13-14(15)11-4-2-3-5-12(11)19-13/h2-7,9,16,19H,8H2,1H3,(H,17,18). The Balaban J connectivity index is 1.77. The van der Waals surface area contributed by atoms with E-state index in [0.717, 1.165) is 27.2 Å². The molecule has 5 heteroatoms. The second-order valence-electron chi connectivity index (χ2n) is 4.60. The van der Waals surface area contributed by atoms with E-state index in [9.17, 15) is 0 Å². The first-order chi connectivity index (χ1) is 9.25. The summed E-state index contributed by atoms with van der Waals surface area (Å²) < 4.78 is 0. The number of fused-ring (bicyclic) bond motifs is 1. The summed E-state index contributed by atoms with van der Waals surface area (Å²) in [5.74, 6) is 0. The van der Waals surface area contributed by atoms with E-state index >= 15 is 0 Å². The first-order valence-corrected chi connectivity index (χ1v) is 6.60. The number of nitrogens with zero attached hydrogens (tertiary/aromatic N) is 1. The molecule has 0 fully saturated rings. The van der Waals surface area contributed by atoms with Crippen molar-refractivity contribution in [1.29, 1.82) is 0 Å². The van der Waals surface area contributed by atoms with Gasteiger partial charge in [-0.3, -0.25) is 5.10 Å². The second-order valence-corrected chi connectivity index (χ2v) is 4.98. The maximum atomic E-state index is 6.38. The molecule has 4 nitrogen and oxygen atoms in total. The van der Waals surface area contributed by atoms with Crippen LogP contribution in [-0.2, 0) is 6.54 Å².